The van der Waals surface area contributed by atoms with Crippen LogP contribution in [0.4, 0.5) is 0 Å². The highest BCUT2D eigenvalue weighted by atomic mass is 35.5. The maximum atomic E-state index is 11.8. The van der Waals surface area contributed by atoms with Crippen LogP contribution < -0.4 is 17.1 Å². The SMILES string of the molecule is C=CCn1c(=O)n(CCl)c(=O)n(CC=C)c1=O. The van der Waals surface area contributed by atoms with Crippen LogP contribution in [0.1, 0.15) is 0 Å². The highest BCUT2D eigenvalue weighted by Gasteiger charge is 2.12. The van der Waals surface area contributed by atoms with Crippen LogP contribution in [0, 0.1) is 0 Å². The Balaban J connectivity index is 3.75. The summed E-state index contributed by atoms with van der Waals surface area (Å²) in [6.07, 6.45) is 2.79. The predicted octanol–water partition coefficient (Wildman–Crippen LogP) is -0.260. The molecule has 0 fully saturated rings. The Kier molecular flexibility index (Phi) is 4.28. The fourth-order valence-electron chi connectivity index (χ4n) is 1.36. The van der Waals surface area contributed by atoms with Crippen LogP contribution in [0.2, 0.25) is 0 Å². The van der Waals surface area contributed by atoms with E-state index in [9.17, 15) is 14.4 Å². The largest absolute Gasteiger partial charge is 0.337 e. The average Bonchev–Trinajstić information content (AvgIpc) is 2.31. The zero-order chi connectivity index (χ0) is 13.0. The average molecular weight is 258 g/mol. The van der Waals surface area contributed by atoms with Crippen LogP contribution in [0.25, 0.3) is 0 Å². The van der Waals surface area contributed by atoms with E-state index in [0.717, 1.165) is 13.7 Å². The molecule has 0 bridgehead atoms. The summed E-state index contributed by atoms with van der Waals surface area (Å²) in [6.45, 7) is 6.93. The van der Waals surface area contributed by atoms with E-state index in [1.54, 1.807) is 0 Å². The van der Waals surface area contributed by atoms with Crippen molar-refractivity contribution in [3.8, 4) is 0 Å². The van der Waals surface area contributed by atoms with Crippen LogP contribution in [-0.2, 0) is 19.1 Å². The third kappa shape index (κ3) is 2.31. The third-order valence-corrected chi connectivity index (χ3v) is 2.37. The molecule has 1 aromatic rings. The van der Waals surface area contributed by atoms with E-state index in [0.29, 0.717) is 0 Å². The minimum Gasteiger partial charge on any atom is -0.247 e. The number of hydrogen-bond acceptors (Lipinski definition) is 3. The van der Waals surface area contributed by atoms with Crippen molar-refractivity contribution in [1.82, 2.24) is 13.7 Å². The van der Waals surface area contributed by atoms with Gasteiger partial charge in [0.25, 0.3) is 0 Å². The number of allylic oxidation sites excluding steroid dienone is 2. The van der Waals surface area contributed by atoms with Crippen LogP contribution in [0.5, 0.6) is 0 Å². The molecule has 92 valence electrons. The molecule has 0 aliphatic carbocycles. The summed E-state index contributed by atoms with van der Waals surface area (Å²) in [6, 6.07) is -0.313. The van der Waals surface area contributed by atoms with Gasteiger partial charge in [-0.15, -0.1) is 24.8 Å². The fraction of sp³-hybridized carbons (Fsp3) is 0.300. The van der Waals surface area contributed by atoms with E-state index in [4.69, 9.17) is 11.6 Å². The first-order chi connectivity index (χ1) is 8.08. The highest BCUT2D eigenvalue weighted by molar-refractivity contribution is 6.15. The zero-order valence-electron chi connectivity index (χ0n) is 9.13. The van der Waals surface area contributed by atoms with Crippen molar-refractivity contribution in [3.63, 3.8) is 0 Å². The Morgan fingerprint density at radius 3 is 1.53 bits per heavy atom. The molecule has 1 aromatic heterocycles. The Bertz CT molecular complexity index is 560. The van der Waals surface area contributed by atoms with Gasteiger partial charge in [-0.25, -0.2) is 28.1 Å². The summed E-state index contributed by atoms with van der Waals surface area (Å²) >= 11 is 5.52. The third-order valence-electron chi connectivity index (χ3n) is 2.13. The molecule has 0 atom stereocenters. The minimum absolute atomic E-state index is 0.0198. The molecule has 0 N–H and O–H groups in total. The van der Waals surface area contributed by atoms with Crippen molar-refractivity contribution >= 4 is 11.6 Å². The first-order valence-electron chi connectivity index (χ1n) is 4.80. The number of rotatable bonds is 5. The Labute approximate surface area is 102 Å². The summed E-state index contributed by atoms with van der Waals surface area (Å²) in [5.41, 5.74) is -2.17. The number of nitrogens with zero attached hydrogens (tertiary/aromatic N) is 3. The normalized spacial score (nSPS) is 10.2. The molecule has 0 saturated carbocycles. The van der Waals surface area contributed by atoms with Crippen molar-refractivity contribution in [3.05, 3.63) is 56.8 Å². The maximum Gasteiger partial charge on any atom is 0.337 e. The van der Waals surface area contributed by atoms with Crippen molar-refractivity contribution in [2.75, 3.05) is 0 Å². The monoisotopic (exact) mass is 257 g/mol. The van der Waals surface area contributed by atoms with Gasteiger partial charge in [0.1, 0.15) is 6.00 Å². The van der Waals surface area contributed by atoms with E-state index in [-0.39, 0.29) is 19.1 Å². The van der Waals surface area contributed by atoms with Gasteiger partial charge < -0.3 is 0 Å². The molecule has 0 aliphatic rings. The second-order valence-electron chi connectivity index (χ2n) is 3.19. The van der Waals surface area contributed by atoms with Gasteiger partial charge in [0, 0.05) is 0 Å². The van der Waals surface area contributed by atoms with Gasteiger partial charge in [-0.2, -0.15) is 0 Å². The van der Waals surface area contributed by atoms with E-state index >= 15 is 0 Å². The van der Waals surface area contributed by atoms with Gasteiger partial charge in [-0.05, 0) is 0 Å². The van der Waals surface area contributed by atoms with Gasteiger partial charge >= 0.3 is 17.1 Å². The van der Waals surface area contributed by atoms with Gasteiger partial charge in [-0.3, -0.25) is 0 Å². The molecule has 0 aromatic carbocycles. The first kappa shape index (κ1) is 13.2. The second-order valence-corrected chi connectivity index (χ2v) is 3.43. The molecule has 0 unspecified atom stereocenters. The van der Waals surface area contributed by atoms with Gasteiger partial charge in [0.05, 0.1) is 13.1 Å². The van der Waals surface area contributed by atoms with Crippen molar-refractivity contribution in [2.45, 2.75) is 19.1 Å². The maximum absolute atomic E-state index is 11.8. The summed E-state index contributed by atoms with van der Waals surface area (Å²) in [4.78, 5) is 35.3. The summed E-state index contributed by atoms with van der Waals surface area (Å²) in [5, 5.41) is 0. The van der Waals surface area contributed by atoms with Crippen LogP contribution in [-0.4, -0.2) is 13.7 Å². The molecular weight excluding hydrogens is 246 g/mol. The Hall–Kier alpha value is -1.82. The lowest BCUT2D eigenvalue weighted by Gasteiger charge is -2.09. The summed E-state index contributed by atoms with van der Waals surface area (Å²) in [5.74, 6) is 0. The second kappa shape index (κ2) is 5.49. The Morgan fingerprint density at radius 1 is 0.882 bits per heavy atom. The minimum atomic E-state index is -0.741. The quantitative estimate of drug-likeness (QED) is 0.539. The summed E-state index contributed by atoms with van der Waals surface area (Å²) in [7, 11) is 0. The van der Waals surface area contributed by atoms with Gasteiger partial charge in [0.15, 0.2) is 0 Å². The van der Waals surface area contributed by atoms with Crippen molar-refractivity contribution in [1.29, 1.82) is 0 Å². The van der Waals surface area contributed by atoms with Crippen LogP contribution in [0.3, 0.4) is 0 Å². The molecule has 0 amide bonds. The predicted molar refractivity (Wildman–Crippen MR) is 65.5 cm³/mol. The number of aromatic nitrogens is 3. The molecule has 1 rings (SSSR count). The highest BCUT2D eigenvalue weighted by Crippen LogP contribution is 1.81. The number of halogens is 1. The molecule has 0 radical (unpaired) electrons. The van der Waals surface area contributed by atoms with E-state index in [2.05, 4.69) is 13.2 Å². The lowest BCUT2D eigenvalue weighted by atomic mass is 10.5. The molecule has 0 saturated heterocycles. The summed E-state index contributed by atoms with van der Waals surface area (Å²) < 4.78 is 2.55. The van der Waals surface area contributed by atoms with Crippen molar-refractivity contribution < 1.29 is 0 Å². The molecule has 7 heteroatoms. The molecular formula is C10H12ClN3O3. The number of hydrogen-bond donors (Lipinski definition) is 0. The van der Waals surface area contributed by atoms with Crippen LogP contribution >= 0.6 is 11.6 Å². The van der Waals surface area contributed by atoms with Crippen LogP contribution in [0.15, 0.2) is 39.7 Å². The molecule has 0 aliphatic heterocycles. The smallest absolute Gasteiger partial charge is 0.247 e. The molecule has 6 nitrogen and oxygen atoms in total. The van der Waals surface area contributed by atoms with E-state index in [1.807, 2.05) is 0 Å². The van der Waals surface area contributed by atoms with E-state index in [1.165, 1.54) is 12.2 Å². The van der Waals surface area contributed by atoms with Gasteiger partial charge in [0.2, 0.25) is 0 Å². The number of alkyl halides is 1. The van der Waals surface area contributed by atoms with Crippen molar-refractivity contribution in [2.24, 2.45) is 0 Å². The molecule has 1 heterocycles. The zero-order valence-corrected chi connectivity index (χ0v) is 9.89. The lowest BCUT2D eigenvalue weighted by Crippen LogP contribution is -2.53. The molecule has 0 spiro atoms. The topological polar surface area (TPSA) is 66.0 Å². The van der Waals surface area contributed by atoms with E-state index < -0.39 is 17.1 Å². The lowest BCUT2D eigenvalue weighted by molar-refractivity contribution is 0.511. The standard InChI is InChI=1S/C10H12ClN3O3/c1-3-5-12-8(15)13(6-4-2)10(17)14(7-11)9(12)16/h3-4H,1-2,5-7H2. The Morgan fingerprint density at radius 2 is 1.24 bits per heavy atom. The fourth-order valence-corrected chi connectivity index (χ4v) is 1.56. The first-order valence-corrected chi connectivity index (χ1v) is 5.34. The van der Waals surface area contributed by atoms with Gasteiger partial charge in [-0.1, -0.05) is 12.2 Å². The molecule has 17 heavy (non-hydrogen) atoms.